The third-order valence-corrected chi connectivity index (χ3v) is 0.990. The standard InChI is InChI=1S/C5H10O2/c1-4-3-6-5(2)7-4/h4-5H,3H2,1-2H3/t4-,5+/m0/s1. The normalized spacial score (nSPS) is 42.0. The van der Waals surface area contributed by atoms with Crippen molar-refractivity contribution in [1.29, 1.82) is 0 Å². The van der Waals surface area contributed by atoms with Gasteiger partial charge in [0.15, 0.2) is 6.29 Å². The van der Waals surface area contributed by atoms with Crippen LogP contribution in [0.25, 0.3) is 0 Å². The topological polar surface area (TPSA) is 18.5 Å². The van der Waals surface area contributed by atoms with Gasteiger partial charge in [-0.1, -0.05) is 0 Å². The highest BCUT2D eigenvalue weighted by Crippen LogP contribution is 2.08. The molecule has 0 spiro atoms. The van der Waals surface area contributed by atoms with E-state index in [0.29, 0.717) is 6.10 Å². The van der Waals surface area contributed by atoms with Crippen LogP contribution in [0.1, 0.15) is 13.8 Å². The summed E-state index contributed by atoms with van der Waals surface area (Å²) in [4.78, 5) is 0. The largest absolute Gasteiger partial charge is 0.350 e. The number of hydrogen-bond donors (Lipinski definition) is 0. The van der Waals surface area contributed by atoms with Crippen molar-refractivity contribution >= 4 is 0 Å². The van der Waals surface area contributed by atoms with Gasteiger partial charge in [0.1, 0.15) is 0 Å². The average Bonchev–Trinajstić information content (AvgIpc) is 1.87. The summed E-state index contributed by atoms with van der Waals surface area (Å²) < 4.78 is 10.2. The second-order valence-electron chi connectivity index (χ2n) is 1.85. The summed E-state index contributed by atoms with van der Waals surface area (Å²) in [6, 6.07) is 0. The Balaban J connectivity index is 2.26. The van der Waals surface area contributed by atoms with Crippen molar-refractivity contribution in [3.8, 4) is 0 Å². The first-order valence-corrected chi connectivity index (χ1v) is 2.56. The van der Waals surface area contributed by atoms with Crippen molar-refractivity contribution < 1.29 is 9.47 Å². The molecule has 0 amide bonds. The molecule has 2 nitrogen and oxygen atoms in total. The molecule has 0 aromatic carbocycles. The monoisotopic (exact) mass is 102 g/mol. The fourth-order valence-corrected chi connectivity index (χ4v) is 0.677. The molecule has 1 heterocycles. The van der Waals surface area contributed by atoms with Crippen molar-refractivity contribution in [2.24, 2.45) is 0 Å². The highest BCUT2D eigenvalue weighted by Gasteiger charge is 2.16. The SMILES string of the molecule is C[C@@H]1OC[C@H](C)O1. The highest BCUT2D eigenvalue weighted by molar-refractivity contribution is 4.54. The molecular weight excluding hydrogens is 92.1 g/mol. The zero-order chi connectivity index (χ0) is 5.28. The van der Waals surface area contributed by atoms with Gasteiger partial charge in [-0.3, -0.25) is 0 Å². The van der Waals surface area contributed by atoms with Crippen molar-refractivity contribution in [3.05, 3.63) is 0 Å². The van der Waals surface area contributed by atoms with Crippen LogP contribution in [0.3, 0.4) is 0 Å². The van der Waals surface area contributed by atoms with E-state index in [9.17, 15) is 0 Å². The minimum Gasteiger partial charge on any atom is -0.350 e. The zero-order valence-corrected chi connectivity index (χ0v) is 4.68. The summed E-state index contributed by atoms with van der Waals surface area (Å²) >= 11 is 0. The van der Waals surface area contributed by atoms with Gasteiger partial charge in [0.05, 0.1) is 12.7 Å². The maximum Gasteiger partial charge on any atom is 0.155 e. The fourth-order valence-electron chi connectivity index (χ4n) is 0.677. The van der Waals surface area contributed by atoms with Crippen LogP contribution < -0.4 is 0 Å². The maximum absolute atomic E-state index is 5.14. The summed E-state index contributed by atoms with van der Waals surface area (Å²) in [7, 11) is 0. The van der Waals surface area contributed by atoms with Crippen LogP contribution in [0.2, 0.25) is 0 Å². The smallest absolute Gasteiger partial charge is 0.155 e. The van der Waals surface area contributed by atoms with E-state index in [2.05, 4.69) is 0 Å². The summed E-state index contributed by atoms with van der Waals surface area (Å²) in [5, 5.41) is 0. The van der Waals surface area contributed by atoms with Gasteiger partial charge in [0.2, 0.25) is 0 Å². The minimum atomic E-state index is 0.0231. The summed E-state index contributed by atoms with van der Waals surface area (Å²) in [6.07, 6.45) is 0.324. The van der Waals surface area contributed by atoms with Crippen LogP contribution >= 0.6 is 0 Å². The molecule has 0 saturated carbocycles. The molecule has 1 aliphatic heterocycles. The molecule has 0 bridgehead atoms. The summed E-state index contributed by atoms with van der Waals surface area (Å²) in [5.41, 5.74) is 0. The molecule has 1 saturated heterocycles. The average molecular weight is 102 g/mol. The molecule has 0 aromatic heterocycles. The molecule has 7 heavy (non-hydrogen) atoms. The van der Waals surface area contributed by atoms with Gasteiger partial charge in [0.25, 0.3) is 0 Å². The van der Waals surface area contributed by atoms with Crippen LogP contribution in [0.5, 0.6) is 0 Å². The first-order chi connectivity index (χ1) is 3.29. The minimum absolute atomic E-state index is 0.0231. The molecular formula is C5H10O2. The molecule has 2 atom stereocenters. The Morgan fingerprint density at radius 3 is 2.29 bits per heavy atom. The summed E-state index contributed by atoms with van der Waals surface area (Å²) in [6.45, 7) is 4.66. The van der Waals surface area contributed by atoms with Crippen molar-refractivity contribution in [2.75, 3.05) is 6.61 Å². The molecule has 0 aliphatic carbocycles. The molecule has 1 aliphatic rings. The Bertz CT molecular complexity index is 55.1. The molecule has 42 valence electrons. The van der Waals surface area contributed by atoms with Gasteiger partial charge in [0, 0.05) is 0 Å². The third kappa shape index (κ3) is 1.14. The predicted octanol–water partition coefficient (Wildman–Crippen LogP) is 0.768. The second kappa shape index (κ2) is 1.80. The number of hydrogen-bond acceptors (Lipinski definition) is 2. The van der Waals surface area contributed by atoms with E-state index >= 15 is 0 Å². The fraction of sp³-hybridized carbons (Fsp3) is 1.00. The lowest BCUT2D eigenvalue weighted by atomic mass is 10.5. The molecule has 0 unspecified atom stereocenters. The van der Waals surface area contributed by atoms with E-state index in [0.717, 1.165) is 6.61 Å². The van der Waals surface area contributed by atoms with E-state index in [1.165, 1.54) is 0 Å². The first kappa shape index (κ1) is 5.06. The van der Waals surface area contributed by atoms with E-state index < -0.39 is 0 Å². The highest BCUT2D eigenvalue weighted by atomic mass is 16.7. The zero-order valence-electron chi connectivity index (χ0n) is 4.68. The Hall–Kier alpha value is -0.0800. The van der Waals surface area contributed by atoms with E-state index in [1.807, 2.05) is 13.8 Å². The van der Waals surface area contributed by atoms with Crippen molar-refractivity contribution in [3.63, 3.8) is 0 Å². The Kier molecular flexibility index (Phi) is 1.30. The Labute approximate surface area is 43.4 Å². The van der Waals surface area contributed by atoms with Crippen LogP contribution in [-0.4, -0.2) is 19.0 Å². The van der Waals surface area contributed by atoms with Crippen LogP contribution in [0.4, 0.5) is 0 Å². The van der Waals surface area contributed by atoms with E-state index in [1.54, 1.807) is 0 Å². The first-order valence-electron chi connectivity index (χ1n) is 2.56. The van der Waals surface area contributed by atoms with Crippen LogP contribution in [-0.2, 0) is 9.47 Å². The van der Waals surface area contributed by atoms with Gasteiger partial charge in [-0.15, -0.1) is 0 Å². The van der Waals surface area contributed by atoms with Crippen LogP contribution in [0.15, 0.2) is 0 Å². The quantitative estimate of drug-likeness (QED) is 0.449. The molecule has 2 heteroatoms. The maximum atomic E-state index is 5.14. The van der Waals surface area contributed by atoms with Crippen molar-refractivity contribution in [1.82, 2.24) is 0 Å². The molecule has 1 rings (SSSR count). The van der Waals surface area contributed by atoms with Gasteiger partial charge in [-0.05, 0) is 13.8 Å². The van der Waals surface area contributed by atoms with Crippen LogP contribution in [0, 0.1) is 0 Å². The lowest BCUT2D eigenvalue weighted by Gasteiger charge is -1.98. The van der Waals surface area contributed by atoms with Gasteiger partial charge < -0.3 is 9.47 Å². The lowest BCUT2D eigenvalue weighted by molar-refractivity contribution is -0.0389. The molecule has 0 aromatic rings. The number of ether oxygens (including phenoxy) is 2. The van der Waals surface area contributed by atoms with Gasteiger partial charge in [-0.25, -0.2) is 0 Å². The van der Waals surface area contributed by atoms with E-state index in [4.69, 9.17) is 9.47 Å². The number of rotatable bonds is 0. The molecule has 0 radical (unpaired) electrons. The van der Waals surface area contributed by atoms with Gasteiger partial charge in [-0.2, -0.15) is 0 Å². The Morgan fingerprint density at radius 2 is 2.14 bits per heavy atom. The third-order valence-electron chi connectivity index (χ3n) is 0.990. The van der Waals surface area contributed by atoms with E-state index in [-0.39, 0.29) is 6.29 Å². The Morgan fingerprint density at radius 1 is 1.43 bits per heavy atom. The molecule has 0 N–H and O–H groups in total. The molecule has 1 fully saturated rings. The summed E-state index contributed by atoms with van der Waals surface area (Å²) in [5.74, 6) is 0. The second-order valence-corrected chi connectivity index (χ2v) is 1.85. The van der Waals surface area contributed by atoms with Crippen molar-refractivity contribution in [2.45, 2.75) is 26.2 Å². The van der Waals surface area contributed by atoms with Gasteiger partial charge >= 0.3 is 0 Å². The lowest BCUT2D eigenvalue weighted by Crippen LogP contribution is -2.03. The predicted molar refractivity (Wildman–Crippen MR) is 26.0 cm³/mol.